The van der Waals surface area contributed by atoms with Crippen LogP contribution in [0.15, 0.2) is 49.1 Å². The average Bonchev–Trinajstić information content (AvgIpc) is 2.92. The predicted octanol–water partition coefficient (Wildman–Crippen LogP) is 2.29. The van der Waals surface area contributed by atoms with Crippen molar-refractivity contribution < 1.29 is 4.79 Å². The van der Waals surface area contributed by atoms with Gasteiger partial charge in [-0.05, 0) is 31.2 Å². The number of hydrogen-bond donors (Lipinski definition) is 1. The first-order valence-electron chi connectivity index (χ1n) is 5.90. The number of aromatic nitrogens is 3. The van der Waals surface area contributed by atoms with Gasteiger partial charge in [0.2, 0.25) is 0 Å². The lowest BCUT2D eigenvalue weighted by atomic mass is 10.2. The molecule has 0 saturated carbocycles. The maximum Gasteiger partial charge on any atom is 0.257 e. The largest absolute Gasteiger partial charge is 0.320 e. The average molecular weight is 252 g/mol. The number of fused-ring (bicyclic) bond motifs is 1. The first-order chi connectivity index (χ1) is 9.25. The molecule has 3 heterocycles. The molecule has 0 atom stereocenters. The molecule has 0 saturated heterocycles. The standard InChI is InChI=1S/C14H12N4O/c1-10-12(4-5-13-16-7-8-18(10)13)17-14(19)11-3-2-6-15-9-11/h2-9H,1H3,(H,17,19). The normalized spacial score (nSPS) is 10.6. The summed E-state index contributed by atoms with van der Waals surface area (Å²) in [5.74, 6) is -0.171. The molecular formula is C14H12N4O. The quantitative estimate of drug-likeness (QED) is 0.761. The SMILES string of the molecule is Cc1c(NC(=O)c2cccnc2)ccc2nccn12. The van der Waals surface area contributed by atoms with E-state index in [0.717, 1.165) is 17.0 Å². The smallest absolute Gasteiger partial charge is 0.257 e. The molecular weight excluding hydrogens is 240 g/mol. The van der Waals surface area contributed by atoms with Crippen molar-refractivity contribution in [2.24, 2.45) is 0 Å². The fourth-order valence-corrected chi connectivity index (χ4v) is 1.95. The maximum atomic E-state index is 12.1. The number of aryl methyl sites for hydroxylation is 1. The summed E-state index contributed by atoms with van der Waals surface area (Å²) < 4.78 is 1.93. The van der Waals surface area contributed by atoms with Gasteiger partial charge in [0.05, 0.1) is 11.3 Å². The Morgan fingerprint density at radius 1 is 1.26 bits per heavy atom. The highest BCUT2D eigenvalue weighted by molar-refractivity contribution is 6.04. The van der Waals surface area contributed by atoms with Gasteiger partial charge in [-0.3, -0.25) is 9.78 Å². The Hall–Kier alpha value is -2.69. The van der Waals surface area contributed by atoms with Gasteiger partial charge in [0, 0.05) is 30.5 Å². The Morgan fingerprint density at radius 2 is 2.16 bits per heavy atom. The van der Waals surface area contributed by atoms with Crippen LogP contribution >= 0.6 is 0 Å². The number of anilines is 1. The summed E-state index contributed by atoms with van der Waals surface area (Å²) in [6.07, 6.45) is 6.78. The molecule has 94 valence electrons. The van der Waals surface area contributed by atoms with Crippen LogP contribution < -0.4 is 5.32 Å². The summed E-state index contributed by atoms with van der Waals surface area (Å²) in [4.78, 5) is 20.2. The number of nitrogens with one attached hydrogen (secondary N) is 1. The molecule has 19 heavy (non-hydrogen) atoms. The molecule has 0 aliphatic rings. The van der Waals surface area contributed by atoms with Gasteiger partial charge in [0.15, 0.2) is 0 Å². The van der Waals surface area contributed by atoms with Gasteiger partial charge in [-0.2, -0.15) is 0 Å². The number of carbonyl (C=O) groups is 1. The molecule has 0 bridgehead atoms. The summed E-state index contributed by atoms with van der Waals surface area (Å²) in [7, 11) is 0. The number of pyridine rings is 2. The highest BCUT2D eigenvalue weighted by Gasteiger charge is 2.09. The molecule has 0 radical (unpaired) electrons. The monoisotopic (exact) mass is 252 g/mol. The Bertz CT molecular complexity index is 734. The van der Waals surface area contributed by atoms with Crippen LogP contribution in [0.4, 0.5) is 5.69 Å². The van der Waals surface area contributed by atoms with E-state index < -0.39 is 0 Å². The molecule has 5 heteroatoms. The zero-order valence-electron chi connectivity index (χ0n) is 10.4. The van der Waals surface area contributed by atoms with Gasteiger partial charge in [-0.15, -0.1) is 0 Å². The van der Waals surface area contributed by atoms with Crippen LogP contribution in [-0.2, 0) is 0 Å². The van der Waals surface area contributed by atoms with Crippen molar-refractivity contribution in [2.45, 2.75) is 6.92 Å². The minimum Gasteiger partial charge on any atom is -0.320 e. The third-order valence-electron chi connectivity index (χ3n) is 2.99. The molecule has 3 rings (SSSR count). The molecule has 3 aromatic heterocycles. The molecule has 0 aliphatic carbocycles. The van der Waals surface area contributed by atoms with Gasteiger partial charge in [0.25, 0.3) is 5.91 Å². The van der Waals surface area contributed by atoms with Crippen molar-refractivity contribution in [1.29, 1.82) is 0 Å². The van der Waals surface area contributed by atoms with Crippen LogP contribution in [0.3, 0.4) is 0 Å². The summed E-state index contributed by atoms with van der Waals surface area (Å²) in [5.41, 5.74) is 3.09. The van der Waals surface area contributed by atoms with Crippen LogP contribution in [0.2, 0.25) is 0 Å². The highest BCUT2D eigenvalue weighted by atomic mass is 16.1. The molecule has 0 unspecified atom stereocenters. The van der Waals surface area contributed by atoms with Crippen molar-refractivity contribution >= 4 is 17.2 Å². The number of carbonyl (C=O) groups excluding carboxylic acids is 1. The molecule has 1 amide bonds. The van der Waals surface area contributed by atoms with Gasteiger partial charge in [-0.1, -0.05) is 0 Å². The van der Waals surface area contributed by atoms with Crippen LogP contribution in [0.25, 0.3) is 5.65 Å². The van der Waals surface area contributed by atoms with E-state index in [4.69, 9.17) is 0 Å². The second-order valence-corrected chi connectivity index (χ2v) is 4.18. The maximum absolute atomic E-state index is 12.1. The Balaban J connectivity index is 1.93. The van der Waals surface area contributed by atoms with Gasteiger partial charge >= 0.3 is 0 Å². The first-order valence-corrected chi connectivity index (χ1v) is 5.90. The number of hydrogen-bond acceptors (Lipinski definition) is 3. The lowest BCUT2D eigenvalue weighted by Gasteiger charge is -2.09. The summed E-state index contributed by atoms with van der Waals surface area (Å²) in [6.45, 7) is 1.94. The fourth-order valence-electron chi connectivity index (χ4n) is 1.95. The van der Waals surface area contributed by atoms with Crippen molar-refractivity contribution in [2.75, 3.05) is 5.32 Å². The van der Waals surface area contributed by atoms with E-state index >= 15 is 0 Å². The lowest BCUT2D eigenvalue weighted by molar-refractivity contribution is 0.102. The third-order valence-corrected chi connectivity index (χ3v) is 2.99. The molecule has 0 spiro atoms. The van der Waals surface area contributed by atoms with Crippen molar-refractivity contribution in [3.8, 4) is 0 Å². The first kappa shape index (κ1) is 11.4. The Kier molecular flexibility index (Phi) is 2.72. The summed E-state index contributed by atoms with van der Waals surface area (Å²) in [6, 6.07) is 7.19. The van der Waals surface area contributed by atoms with Gasteiger partial charge < -0.3 is 9.72 Å². The second-order valence-electron chi connectivity index (χ2n) is 4.18. The molecule has 5 nitrogen and oxygen atoms in total. The highest BCUT2D eigenvalue weighted by Crippen LogP contribution is 2.17. The Morgan fingerprint density at radius 3 is 2.95 bits per heavy atom. The van der Waals surface area contributed by atoms with E-state index in [2.05, 4.69) is 15.3 Å². The molecule has 0 fully saturated rings. The molecule has 0 aromatic carbocycles. The van der Waals surface area contributed by atoms with E-state index in [9.17, 15) is 4.79 Å². The summed E-state index contributed by atoms with van der Waals surface area (Å²) >= 11 is 0. The van der Waals surface area contributed by atoms with Crippen molar-refractivity contribution in [3.63, 3.8) is 0 Å². The minimum atomic E-state index is -0.171. The van der Waals surface area contributed by atoms with Gasteiger partial charge in [-0.25, -0.2) is 4.98 Å². The van der Waals surface area contributed by atoms with Crippen LogP contribution in [0.1, 0.15) is 16.1 Å². The zero-order valence-corrected chi connectivity index (χ0v) is 10.4. The van der Waals surface area contributed by atoms with E-state index in [1.807, 2.05) is 29.7 Å². The minimum absolute atomic E-state index is 0.171. The summed E-state index contributed by atoms with van der Waals surface area (Å²) in [5, 5.41) is 2.88. The second kappa shape index (κ2) is 4.53. The number of nitrogens with zero attached hydrogens (tertiary/aromatic N) is 3. The number of rotatable bonds is 2. The lowest BCUT2D eigenvalue weighted by Crippen LogP contribution is -2.13. The van der Waals surface area contributed by atoms with E-state index in [1.54, 1.807) is 30.7 Å². The molecule has 0 aliphatic heterocycles. The number of amides is 1. The van der Waals surface area contributed by atoms with Crippen molar-refractivity contribution in [1.82, 2.24) is 14.4 Å². The molecule has 3 aromatic rings. The Labute approximate surface area is 109 Å². The van der Waals surface area contributed by atoms with E-state index in [1.165, 1.54) is 0 Å². The van der Waals surface area contributed by atoms with Crippen molar-refractivity contribution in [3.05, 3.63) is 60.3 Å². The van der Waals surface area contributed by atoms with Crippen LogP contribution in [0, 0.1) is 6.92 Å². The predicted molar refractivity (Wildman–Crippen MR) is 72.1 cm³/mol. The third kappa shape index (κ3) is 2.06. The topological polar surface area (TPSA) is 59.3 Å². The van der Waals surface area contributed by atoms with E-state index in [-0.39, 0.29) is 5.91 Å². The van der Waals surface area contributed by atoms with Crippen LogP contribution in [0.5, 0.6) is 0 Å². The zero-order chi connectivity index (χ0) is 13.2. The van der Waals surface area contributed by atoms with E-state index in [0.29, 0.717) is 5.56 Å². The van der Waals surface area contributed by atoms with Crippen LogP contribution in [-0.4, -0.2) is 20.3 Å². The van der Waals surface area contributed by atoms with Gasteiger partial charge in [0.1, 0.15) is 5.65 Å². The fraction of sp³-hybridized carbons (Fsp3) is 0.0714. The number of imidazole rings is 1. The molecule has 1 N–H and O–H groups in total.